The van der Waals surface area contributed by atoms with E-state index in [0.717, 1.165) is 17.7 Å². The van der Waals surface area contributed by atoms with Crippen LogP contribution in [0.1, 0.15) is 18.9 Å². The fourth-order valence-electron chi connectivity index (χ4n) is 1.68. The van der Waals surface area contributed by atoms with Crippen LogP contribution in [0.4, 0.5) is 5.95 Å². The molecule has 2 rings (SSSR count). The highest BCUT2D eigenvalue weighted by Gasteiger charge is 2.01. The van der Waals surface area contributed by atoms with Crippen LogP contribution in [-0.2, 0) is 6.42 Å². The number of imidazole rings is 1. The normalized spacial score (nSPS) is 10.4. The van der Waals surface area contributed by atoms with Gasteiger partial charge >= 0.3 is 0 Å². The topological polar surface area (TPSA) is 66.7 Å². The molecule has 0 bridgehead atoms. The first kappa shape index (κ1) is 10.7. The third kappa shape index (κ3) is 2.23. The molecular weight excluding hydrogens is 200 g/mol. The number of hydrazine groups is 1. The predicted octanol–water partition coefficient (Wildman–Crippen LogP) is 2.31. The first-order valence-corrected chi connectivity index (χ1v) is 5.44. The van der Waals surface area contributed by atoms with E-state index in [-0.39, 0.29) is 0 Å². The van der Waals surface area contributed by atoms with E-state index < -0.39 is 0 Å². The van der Waals surface area contributed by atoms with Crippen molar-refractivity contribution in [2.45, 2.75) is 19.8 Å². The molecule has 0 unspecified atom stereocenters. The molecule has 0 aliphatic heterocycles. The van der Waals surface area contributed by atoms with Crippen LogP contribution in [0.3, 0.4) is 0 Å². The lowest BCUT2D eigenvalue weighted by molar-refractivity contribution is 0.922. The summed E-state index contributed by atoms with van der Waals surface area (Å²) in [5, 5.41) is 0. The predicted molar refractivity (Wildman–Crippen MR) is 65.8 cm³/mol. The van der Waals surface area contributed by atoms with E-state index in [1.54, 1.807) is 6.20 Å². The monoisotopic (exact) mass is 216 g/mol. The smallest absolute Gasteiger partial charge is 0.215 e. The van der Waals surface area contributed by atoms with Crippen LogP contribution in [0, 0.1) is 0 Å². The van der Waals surface area contributed by atoms with Gasteiger partial charge in [-0.05, 0) is 17.5 Å². The van der Waals surface area contributed by atoms with Crippen LogP contribution in [0.5, 0.6) is 0 Å². The molecule has 0 amide bonds. The van der Waals surface area contributed by atoms with Crippen molar-refractivity contribution in [3.05, 3.63) is 36.0 Å². The van der Waals surface area contributed by atoms with Crippen LogP contribution >= 0.6 is 0 Å². The zero-order valence-corrected chi connectivity index (χ0v) is 9.33. The van der Waals surface area contributed by atoms with Crippen molar-refractivity contribution in [2.24, 2.45) is 5.84 Å². The lowest BCUT2D eigenvalue weighted by Gasteiger charge is -2.01. The highest BCUT2D eigenvalue weighted by Crippen LogP contribution is 2.19. The molecule has 1 heterocycles. The first-order valence-electron chi connectivity index (χ1n) is 5.44. The summed E-state index contributed by atoms with van der Waals surface area (Å²) in [5.74, 6) is 5.84. The van der Waals surface area contributed by atoms with Gasteiger partial charge in [0.15, 0.2) is 0 Å². The molecule has 16 heavy (non-hydrogen) atoms. The highest BCUT2D eigenvalue weighted by atomic mass is 15.3. The average molecular weight is 216 g/mol. The molecule has 1 aromatic carbocycles. The van der Waals surface area contributed by atoms with Crippen molar-refractivity contribution in [3.63, 3.8) is 0 Å². The van der Waals surface area contributed by atoms with Crippen molar-refractivity contribution in [1.82, 2.24) is 9.97 Å². The van der Waals surface area contributed by atoms with Gasteiger partial charge in [0.2, 0.25) is 5.95 Å². The maximum absolute atomic E-state index is 5.26. The van der Waals surface area contributed by atoms with Gasteiger partial charge < -0.3 is 4.98 Å². The Morgan fingerprint density at radius 2 is 2.06 bits per heavy atom. The highest BCUT2D eigenvalue weighted by molar-refractivity contribution is 5.60. The molecule has 4 N–H and O–H groups in total. The number of benzene rings is 1. The fourth-order valence-corrected chi connectivity index (χ4v) is 1.68. The summed E-state index contributed by atoms with van der Waals surface area (Å²) in [6, 6.07) is 8.49. The molecule has 1 aromatic heterocycles. The second kappa shape index (κ2) is 4.81. The molecule has 0 radical (unpaired) electrons. The molecule has 0 saturated carbocycles. The Bertz CT molecular complexity index is 444. The number of nitrogens with one attached hydrogen (secondary N) is 2. The summed E-state index contributed by atoms with van der Waals surface area (Å²) in [6.45, 7) is 2.18. The van der Waals surface area contributed by atoms with Crippen LogP contribution in [0.2, 0.25) is 0 Å². The molecule has 4 nitrogen and oxygen atoms in total. The number of anilines is 1. The molecule has 84 valence electrons. The number of hydrogen-bond acceptors (Lipinski definition) is 3. The lowest BCUT2D eigenvalue weighted by Crippen LogP contribution is -2.07. The van der Waals surface area contributed by atoms with E-state index in [1.165, 1.54) is 12.0 Å². The summed E-state index contributed by atoms with van der Waals surface area (Å²) in [4.78, 5) is 7.16. The number of nitrogens with two attached hydrogens (primary N) is 1. The van der Waals surface area contributed by atoms with Gasteiger partial charge in [-0.2, -0.15) is 0 Å². The standard InChI is InChI=1S/C12H16N4/c1-2-3-9-4-6-10(7-5-9)11-8-14-12(15-11)16-13/h4-8H,2-3,13H2,1H3,(H2,14,15,16). The largest absolute Gasteiger partial charge is 0.323 e. The van der Waals surface area contributed by atoms with E-state index >= 15 is 0 Å². The summed E-state index contributed by atoms with van der Waals surface area (Å²) in [6.07, 6.45) is 4.06. The second-order valence-electron chi connectivity index (χ2n) is 3.74. The minimum absolute atomic E-state index is 0.577. The Hall–Kier alpha value is -1.81. The average Bonchev–Trinajstić information content (AvgIpc) is 2.79. The van der Waals surface area contributed by atoms with Crippen LogP contribution in [0.15, 0.2) is 30.5 Å². The number of nitrogens with zero attached hydrogens (tertiary/aromatic N) is 1. The summed E-state index contributed by atoms with van der Waals surface area (Å²) >= 11 is 0. The molecule has 0 aliphatic rings. The van der Waals surface area contributed by atoms with Gasteiger partial charge in [-0.1, -0.05) is 37.6 Å². The number of hydrogen-bond donors (Lipinski definition) is 3. The Morgan fingerprint density at radius 3 is 2.62 bits per heavy atom. The van der Waals surface area contributed by atoms with Crippen LogP contribution in [-0.4, -0.2) is 9.97 Å². The Morgan fingerprint density at radius 1 is 1.31 bits per heavy atom. The van der Waals surface area contributed by atoms with Gasteiger partial charge in [-0.3, -0.25) is 5.43 Å². The Balaban J connectivity index is 2.20. The van der Waals surface area contributed by atoms with Gasteiger partial charge in [0.25, 0.3) is 0 Å². The number of rotatable bonds is 4. The van der Waals surface area contributed by atoms with Gasteiger partial charge in [-0.25, -0.2) is 10.8 Å². The van der Waals surface area contributed by atoms with Crippen molar-refractivity contribution < 1.29 is 0 Å². The number of aromatic amines is 1. The van der Waals surface area contributed by atoms with E-state index in [0.29, 0.717) is 5.95 Å². The fraction of sp³-hybridized carbons (Fsp3) is 0.250. The minimum atomic E-state index is 0.577. The quantitative estimate of drug-likeness (QED) is 0.542. The van der Waals surface area contributed by atoms with Gasteiger partial charge in [0.05, 0.1) is 11.9 Å². The second-order valence-corrected chi connectivity index (χ2v) is 3.74. The maximum Gasteiger partial charge on any atom is 0.215 e. The van der Waals surface area contributed by atoms with Crippen molar-refractivity contribution in [3.8, 4) is 11.3 Å². The zero-order chi connectivity index (χ0) is 11.4. The van der Waals surface area contributed by atoms with Crippen LogP contribution < -0.4 is 11.3 Å². The number of aromatic nitrogens is 2. The Labute approximate surface area is 94.9 Å². The van der Waals surface area contributed by atoms with Crippen molar-refractivity contribution in [2.75, 3.05) is 5.43 Å². The Kier molecular flexibility index (Phi) is 3.22. The third-order valence-electron chi connectivity index (χ3n) is 2.52. The van der Waals surface area contributed by atoms with E-state index in [4.69, 9.17) is 5.84 Å². The maximum atomic E-state index is 5.26. The molecular formula is C12H16N4. The van der Waals surface area contributed by atoms with E-state index in [2.05, 4.69) is 46.6 Å². The minimum Gasteiger partial charge on any atom is -0.323 e. The van der Waals surface area contributed by atoms with E-state index in [9.17, 15) is 0 Å². The van der Waals surface area contributed by atoms with Gasteiger partial charge in [0.1, 0.15) is 0 Å². The molecule has 0 aliphatic carbocycles. The van der Waals surface area contributed by atoms with Crippen molar-refractivity contribution in [1.29, 1.82) is 0 Å². The first-order chi connectivity index (χ1) is 7.83. The number of H-pyrrole nitrogens is 1. The van der Waals surface area contributed by atoms with Gasteiger partial charge in [0, 0.05) is 0 Å². The molecule has 2 aromatic rings. The third-order valence-corrected chi connectivity index (χ3v) is 2.52. The molecule has 0 spiro atoms. The SMILES string of the molecule is CCCc1ccc(-c2cnc(NN)[nH]2)cc1. The summed E-state index contributed by atoms with van der Waals surface area (Å²) < 4.78 is 0. The van der Waals surface area contributed by atoms with Crippen LogP contribution in [0.25, 0.3) is 11.3 Å². The number of aryl methyl sites for hydroxylation is 1. The van der Waals surface area contributed by atoms with Crippen molar-refractivity contribution >= 4 is 5.95 Å². The lowest BCUT2D eigenvalue weighted by atomic mass is 10.1. The molecule has 0 atom stereocenters. The zero-order valence-electron chi connectivity index (χ0n) is 9.33. The van der Waals surface area contributed by atoms with E-state index in [1.807, 2.05) is 0 Å². The molecule has 0 fully saturated rings. The molecule has 0 saturated heterocycles. The van der Waals surface area contributed by atoms with Gasteiger partial charge in [-0.15, -0.1) is 0 Å². The summed E-state index contributed by atoms with van der Waals surface area (Å²) in [7, 11) is 0. The number of nitrogen functional groups attached to an aromatic ring is 1. The summed E-state index contributed by atoms with van der Waals surface area (Å²) in [5.41, 5.74) is 5.93. The molecule has 4 heteroatoms.